The molecule has 0 bridgehead atoms. The summed E-state index contributed by atoms with van der Waals surface area (Å²) < 4.78 is 5.54. The van der Waals surface area contributed by atoms with Gasteiger partial charge in [-0.2, -0.15) is 5.10 Å². The van der Waals surface area contributed by atoms with Crippen LogP contribution in [0.3, 0.4) is 0 Å². The van der Waals surface area contributed by atoms with Crippen LogP contribution >= 0.6 is 0 Å². The smallest absolute Gasteiger partial charge is 0.0748 e. The summed E-state index contributed by atoms with van der Waals surface area (Å²) in [6.45, 7) is 2.97. The number of H-pyrrole nitrogens is 1. The van der Waals surface area contributed by atoms with Gasteiger partial charge in [-0.25, -0.2) is 0 Å². The van der Waals surface area contributed by atoms with Gasteiger partial charge in [0.2, 0.25) is 0 Å². The number of nitrogens with zero attached hydrogens (tertiary/aromatic N) is 1. The summed E-state index contributed by atoms with van der Waals surface area (Å²) in [5.74, 6) is 0. The fourth-order valence-electron chi connectivity index (χ4n) is 2.30. The maximum Gasteiger partial charge on any atom is 0.0748 e. The number of rotatable bonds is 3. The summed E-state index contributed by atoms with van der Waals surface area (Å²) in [5.41, 5.74) is 3.33. The van der Waals surface area contributed by atoms with Crippen molar-refractivity contribution < 1.29 is 4.74 Å². The zero-order valence-corrected chi connectivity index (χ0v) is 10.4. The number of ether oxygens (including phenoxy) is 1. The minimum atomic E-state index is 0.289. The van der Waals surface area contributed by atoms with Crippen LogP contribution in [0.1, 0.15) is 13.3 Å². The molecule has 3 rings (SSSR count). The highest BCUT2D eigenvalue weighted by atomic mass is 16.5. The van der Waals surface area contributed by atoms with E-state index in [2.05, 4.69) is 46.7 Å². The largest absolute Gasteiger partial charge is 0.380 e. The molecule has 1 saturated heterocycles. The van der Waals surface area contributed by atoms with Crippen molar-refractivity contribution in [1.29, 1.82) is 0 Å². The van der Waals surface area contributed by atoms with Gasteiger partial charge in [0.05, 0.1) is 17.8 Å². The maximum atomic E-state index is 5.54. The van der Waals surface area contributed by atoms with E-state index < -0.39 is 0 Å². The van der Waals surface area contributed by atoms with Gasteiger partial charge in [-0.15, -0.1) is 0 Å². The van der Waals surface area contributed by atoms with Crippen LogP contribution < -0.4 is 5.32 Å². The van der Waals surface area contributed by atoms with Crippen LogP contribution in [-0.2, 0) is 4.74 Å². The van der Waals surface area contributed by atoms with E-state index in [4.69, 9.17) is 4.74 Å². The van der Waals surface area contributed by atoms with Gasteiger partial charge in [0.25, 0.3) is 0 Å². The summed E-state index contributed by atoms with van der Waals surface area (Å²) in [5, 5.41) is 10.4. The van der Waals surface area contributed by atoms with E-state index >= 15 is 0 Å². The molecule has 1 aromatic carbocycles. The second-order valence-electron chi connectivity index (χ2n) is 4.66. The molecule has 1 aliphatic heterocycles. The molecule has 2 aromatic rings. The minimum Gasteiger partial charge on any atom is -0.380 e. The average molecular weight is 243 g/mol. The Balaban J connectivity index is 1.71. The van der Waals surface area contributed by atoms with E-state index in [0.29, 0.717) is 6.04 Å². The van der Waals surface area contributed by atoms with Gasteiger partial charge < -0.3 is 10.1 Å². The summed E-state index contributed by atoms with van der Waals surface area (Å²) in [6, 6.07) is 10.8. The molecule has 1 aliphatic rings. The Morgan fingerprint density at radius 1 is 1.28 bits per heavy atom. The number of hydrogen-bond donors (Lipinski definition) is 2. The number of nitrogens with one attached hydrogen (secondary N) is 2. The number of aromatic nitrogens is 2. The molecule has 1 aromatic heterocycles. The molecule has 4 heteroatoms. The molecule has 18 heavy (non-hydrogen) atoms. The van der Waals surface area contributed by atoms with Crippen molar-refractivity contribution in [3.05, 3.63) is 36.5 Å². The fourth-order valence-corrected chi connectivity index (χ4v) is 2.30. The second kappa shape index (κ2) is 4.82. The third-order valence-corrected chi connectivity index (χ3v) is 3.42. The van der Waals surface area contributed by atoms with Crippen LogP contribution in [0.2, 0.25) is 0 Å². The summed E-state index contributed by atoms with van der Waals surface area (Å²) >= 11 is 0. The van der Waals surface area contributed by atoms with Gasteiger partial charge in [0, 0.05) is 18.5 Å². The first-order valence-electron chi connectivity index (χ1n) is 6.31. The number of aromatic amines is 1. The molecule has 2 heterocycles. The lowest BCUT2D eigenvalue weighted by Crippen LogP contribution is -2.26. The molecule has 0 spiro atoms. The predicted molar refractivity (Wildman–Crippen MR) is 71.5 cm³/mol. The van der Waals surface area contributed by atoms with E-state index in [1.807, 2.05) is 6.07 Å². The van der Waals surface area contributed by atoms with E-state index in [1.165, 1.54) is 0 Å². The average Bonchev–Trinajstić information content (AvgIpc) is 3.03. The molecule has 2 unspecified atom stereocenters. The monoisotopic (exact) mass is 243 g/mol. The number of anilines is 1. The van der Waals surface area contributed by atoms with Gasteiger partial charge in [0.15, 0.2) is 0 Å². The molecule has 1 fully saturated rings. The van der Waals surface area contributed by atoms with Crippen molar-refractivity contribution in [1.82, 2.24) is 10.2 Å². The highest BCUT2D eigenvalue weighted by Crippen LogP contribution is 2.22. The van der Waals surface area contributed by atoms with E-state index in [0.717, 1.165) is 30.0 Å². The van der Waals surface area contributed by atoms with Crippen LogP contribution in [0.25, 0.3) is 11.3 Å². The van der Waals surface area contributed by atoms with Crippen molar-refractivity contribution in [3.8, 4) is 11.3 Å². The Labute approximate surface area is 106 Å². The predicted octanol–water partition coefficient (Wildman–Crippen LogP) is 2.67. The van der Waals surface area contributed by atoms with Crippen molar-refractivity contribution in [2.75, 3.05) is 11.9 Å². The first-order chi connectivity index (χ1) is 8.83. The van der Waals surface area contributed by atoms with Gasteiger partial charge in [0.1, 0.15) is 0 Å². The highest BCUT2D eigenvalue weighted by molar-refractivity contribution is 5.62. The molecule has 2 N–H and O–H groups in total. The van der Waals surface area contributed by atoms with Crippen molar-refractivity contribution in [2.24, 2.45) is 0 Å². The minimum absolute atomic E-state index is 0.289. The Morgan fingerprint density at radius 2 is 2.11 bits per heavy atom. The maximum absolute atomic E-state index is 5.54. The standard InChI is InChI=1S/C14H17N3O/c1-10-13(7-9-18-10)16-12-4-2-11(3-5-12)14-6-8-15-17-14/h2-6,8,10,13,16H,7,9H2,1H3,(H,15,17). The van der Waals surface area contributed by atoms with Crippen LogP contribution in [-0.4, -0.2) is 29.0 Å². The Morgan fingerprint density at radius 3 is 2.72 bits per heavy atom. The van der Waals surface area contributed by atoms with Crippen molar-refractivity contribution >= 4 is 5.69 Å². The zero-order valence-electron chi connectivity index (χ0n) is 10.4. The molecule has 94 valence electrons. The molecule has 2 atom stereocenters. The normalized spacial score (nSPS) is 23.2. The van der Waals surface area contributed by atoms with Crippen molar-refractivity contribution in [2.45, 2.75) is 25.5 Å². The lowest BCUT2D eigenvalue weighted by Gasteiger charge is -2.17. The van der Waals surface area contributed by atoms with Crippen LogP contribution in [0.5, 0.6) is 0 Å². The summed E-state index contributed by atoms with van der Waals surface area (Å²) in [6.07, 6.45) is 3.12. The molecule has 0 amide bonds. The molecule has 0 radical (unpaired) electrons. The Hall–Kier alpha value is -1.81. The number of benzene rings is 1. The molecular weight excluding hydrogens is 226 g/mol. The van der Waals surface area contributed by atoms with E-state index in [9.17, 15) is 0 Å². The zero-order chi connectivity index (χ0) is 12.4. The van der Waals surface area contributed by atoms with Crippen molar-refractivity contribution in [3.63, 3.8) is 0 Å². The van der Waals surface area contributed by atoms with Gasteiger partial charge >= 0.3 is 0 Å². The third-order valence-electron chi connectivity index (χ3n) is 3.42. The molecule has 0 saturated carbocycles. The highest BCUT2D eigenvalue weighted by Gasteiger charge is 2.23. The third kappa shape index (κ3) is 2.24. The van der Waals surface area contributed by atoms with Crippen LogP contribution in [0.4, 0.5) is 5.69 Å². The quantitative estimate of drug-likeness (QED) is 0.871. The number of hydrogen-bond acceptors (Lipinski definition) is 3. The second-order valence-corrected chi connectivity index (χ2v) is 4.66. The van der Waals surface area contributed by atoms with Gasteiger partial charge in [-0.3, -0.25) is 5.10 Å². The molecule has 0 aliphatic carbocycles. The first-order valence-corrected chi connectivity index (χ1v) is 6.31. The van der Waals surface area contributed by atoms with Gasteiger partial charge in [-0.05, 0) is 37.1 Å². The lowest BCUT2D eigenvalue weighted by atomic mass is 10.1. The Bertz CT molecular complexity index is 492. The van der Waals surface area contributed by atoms with E-state index in [-0.39, 0.29) is 6.10 Å². The SMILES string of the molecule is CC1OCCC1Nc1ccc(-c2ccn[nH]2)cc1. The lowest BCUT2D eigenvalue weighted by molar-refractivity contribution is 0.121. The summed E-state index contributed by atoms with van der Waals surface area (Å²) in [4.78, 5) is 0. The van der Waals surface area contributed by atoms with Crippen LogP contribution in [0, 0.1) is 0 Å². The fraction of sp³-hybridized carbons (Fsp3) is 0.357. The van der Waals surface area contributed by atoms with E-state index in [1.54, 1.807) is 6.20 Å². The van der Waals surface area contributed by atoms with Gasteiger partial charge in [-0.1, -0.05) is 12.1 Å². The molecule has 4 nitrogen and oxygen atoms in total. The molecular formula is C14H17N3O. The topological polar surface area (TPSA) is 49.9 Å². The first kappa shape index (κ1) is 11.3. The summed E-state index contributed by atoms with van der Waals surface area (Å²) in [7, 11) is 0. The van der Waals surface area contributed by atoms with Crippen LogP contribution in [0.15, 0.2) is 36.5 Å². The Kier molecular flexibility index (Phi) is 3.02.